The van der Waals surface area contributed by atoms with Gasteiger partial charge in [-0.05, 0) is 13.0 Å². The zero-order chi connectivity index (χ0) is 12.4. The van der Waals surface area contributed by atoms with Gasteiger partial charge in [-0.3, -0.25) is 0 Å². The van der Waals surface area contributed by atoms with Crippen LogP contribution in [0.3, 0.4) is 0 Å². The van der Waals surface area contributed by atoms with Gasteiger partial charge in [0.1, 0.15) is 11.6 Å². The SMILES string of the molecule is C[C@H](N)c1cncn1Cc1ccc(F)cc1F. The van der Waals surface area contributed by atoms with Gasteiger partial charge in [0.25, 0.3) is 0 Å². The van der Waals surface area contributed by atoms with E-state index in [0.29, 0.717) is 12.1 Å². The van der Waals surface area contributed by atoms with Gasteiger partial charge in [0.2, 0.25) is 0 Å². The Kier molecular flexibility index (Phi) is 3.19. The first-order valence-corrected chi connectivity index (χ1v) is 5.27. The molecule has 1 heterocycles. The molecule has 0 aliphatic heterocycles. The predicted octanol–water partition coefficient (Wildman–Crippen LogP) is 2.23. The van der Waals surface area contributed by atoms with Crippen molar-refractivity contribution in [2.45, 2.75) is 19.5 Å². The van der Waals surface area contributed by atoms with Crippen LogP contribution in [0.15, 0.2) is 30.7 Å². The van der Waals surface area contributed by atoms with E-state index in [4.69, 9.17) is 5.73 Å². The summed E-state index contributed by atoms with van der Waals surface area (Å²) >= 11 is 0. The number of benzene rings is 1. The molecule has 3 nitrogen and oxygen atoms in total. The largest absolute Gasteiger partial charge is 0.329 e. The summed E-state index contributed by atoms with van der Waals surface area (Å²) in [6, 6.07) is 3.36. The summed E-state index contributed by atoms with van der Waals surface area (Å²) < 4.78 is 28.0. The van der Waals surface area contributed by atoms with Crippen LogP contribution in [-0.2, 0) is 6.54 Å². The molecular weight excluding hydrogens is 224 g/mol. The average Bonchev–Trinajstić information content (AvgIpc) is 2.70. The van der Waals surface area contributed by atoms with Gasteiger partial charge in [-0.25, -0.2) is 13.8 Å². The van der Waals surface area contributed by atoms with E-state index in [0.717, 1.165) is 11.8 Å². The van der Waals surface area contributed by atoms with E-state index in [1.54, 1.807) is 17.1 Å². The van der Waals surface area contributed by atoms with E-state index in [1.165, 1.54) is 12.1 Å². The van der Waals surface area contributed by atoms with Crippen molar-refractivity contribution in [3.63, 3.8) is 0 Å². The van der Waals surface area contributed by atoms with Crippen LogP contribution in [0.4, 0.5) is 8.78 Å². The number of rotatable bonds is 3. The molecule has 1 aromatic carbocycles. The zero-order valence-corrected chi connectivity index (χ0v) is 9.40. The fourth-order valence-electron chi connectivity index (χ4n) is 1.68. The van der Waals surface area contributed by atoms with Gasteiger partial charge in [0.15, 0.2) is 0 Å². The monoisotopic (exact) mass is 237 g/mol. The third kappa shape index (κ3) is 2.50. The summed E-state index contributed by atoms with van der Waals surface area (Å²) in [6.07, 6.45) is 3.23. The Balaban J connectivity index is 2.28. The summed E-state index contributed by atoms with van der Waals surface area (Å²) in [7, 11) is 0. The first-order valence-electron chi connectivity index (χ1n) is 5.27. The van der Waals surface area contributed by atoms with E-state index in [9.17, 15) is 8.78 Å². The topological polar surface area (TPSA) is 43.8 Å². The van der Waals surface area contributed by atoms with Crippen LogP contribution in [0.1, 0.15) is 24.2 Å². The lowest BCUT2D eigenvalue weighted by Gasteiger charge is -2.11. The van der Waals surface area contributed by atoms with Crippen molar-refractivity contribution in [3.8, 4) is 0 Å². The maximum atomic E-state index is 13.5. The third-order valence-corrected chi connectivity index (χ3v) is 2.57. The van der Waals surface area contributed by atoms with Gasteiger partial charge in [-0.1, -0.05) is 6.07 Å². The molecule has 0 radical (unpaired) electrons. The Morgan fingerprint density at radius 3 is 2.82 bits per heavy atom. The van der Waals surface area contributed by atoms with Crippen LogP contribution < -0.4 is 5.73 Å². The lowest BCUT2D eigenvalue weighted by molar-refractivity contribution is 0.561. The van der Waals surface area contributed by atoms with E-state index in [-0.39, 0.29) is 6.04 Å². The van der Waals surface area contributed by atoms with Crippen molar-refractivity contribution in [3.05, 3.63) is 53.6 Å². The number of imidazole rings is 1. The highest BCUT2D eigenvalue weighted by Gasteiger charge is 2.09. The van der Waals surface area contributed by atoms with Gasteiger partial charge < -0.3 is 10.3 Å². The molecule has 0 bridgehead atoms. The van der Waals surface area contributed by atoms with Gasteiger partial charge in [0.05, 0.1) is 18.6 Å². The lowest BCUT2D eigenvalue weighted by Crippen LogP contribution is -2.13. The van der Waals surface area contributed by atoms with Crippen LogP contribution in [0, 0.1) is 11.6 Å². The summed E-state index contributed by atoms with van der Waals surface area (Å²) in [5.41, 5.74) is 6.98. The molecule has 0 saturated carbocycles. The molecule has 0 fully saturated rings. The van der Waals surface area contributed by atoms with Crippen molar-refractivity contribution in [1.29, 1.82) is 0 Å². The average molecular weight is 237 g/mol. The van der Waals surface area contributed by atoms with E-state index in [1.807, 2.05) is 6.92 Å². The summed E-state index contributed by atoms with van der Waals surface area (Å²) in [5, 5.41) is 0. The fraction of sp³-hybridized carbons (Fsp3) is 0.250. The minimum atomic E-state index is -0.579. The van der Waals surface area contributed by atoms with Crippen LogP contribution in [-0.4, -0.2) is 9.55 Å². The van der Waals surface area contributed by atoms with E-state index < -0.39 is 11.6 Å². The number of hydrogen-bond acceptors (Lipinski definition) is 2. The molecule has 90 valence electrons. The molecule has 0 aliphatic carbocycles. The predicted molar refractivity (Wildman–Crippen MR) is 60.3 cm³/mol. The van der Waals surface area contributed by atoms with Gasteiger partial charge in [-0.15, -0.1) is 0 Å². The summed E-state index contributed by atoms with van der Waals surface area (Å²) in [6.45, 7) is 2.12. The number of hydrogen-bond donors (Lipinski definition) is 1. The first-order chi connectivity index (χ1) is 8.08. The molecule has 17 heavy (non-hydrogen) atoms. The summed E-state index contributed by atoms with van der Waals surface area (Å²) in [4.78, 5) is 3.97. The standard InChI is InChI=1S/C12H13F2N3/c1-8(15)12-5-16-7-17(12)6-9-2-3-10(13)4-11(9)14/h2-5,7-8H,6,15H2,1H3/t8-/m0/s1. The number of nitrogens with two attached hydrogens (primary N) is 1. The molecule has 0 aliphatic rings. The van der Waals surface area contributed by atoms with Crippen LogP contribution in [0.5, 0.6) is 0 Å². The third-order valence-electron chi connectivity index (χ3n) is 2.57. The summed E-state index contributed by atoms with van der Waals surface area (Å²) in [5.74, 6) is -1.14. The Hall–Kier alpha value is -1.75. The molecule has 1 aromatic heterocycles. The van der Waals surface area contributed by atoms with Crippen LogP contribution in [0.2, 0.25) is 0 Å². The van der Waals surface area contributed by atoms with E-state index in [2.05, 4.69) is 4.98 Å². The number of halogens is 2. The zero-order valence-electron chi connectivity index (χ0n) is 9.40. The Labute approximate surface area is 97.9 Å². The second-order valence-corrected chi connectivity index (χ2v) is 3.97. The molecule has 2 aromatic rings. The Bertz CT molecular complexity index is 520. The normalized spacial score (nSPS) is 12.7. The van der Waals surface area contributed by atoms with Gasteiger partial charge >= 0.3 is 0 Å². The van der Waals surface area contributed by atoms with Crippen LogP contribution in [0.25, 0.3) is 0 Å². The number of nitrogens with zero attached hydrogens (tertiary/aromatic N) is 2. The quantitative estimate of drug-likeness (QED) is 0.889. The highest BCUT2D eigenvalue weighted by Crippen LogP contribution is 2.15. The molecule has 0 saturated heterocycles. The Morgan fingerprint density at radius 2 is 2.18 bits per heavy atom. The first kappa shape index (κ1) is 11.7. The molecule has 1 atom stereocenters. The molecule has 5 heteroatoms. The van der Waals surface area contributed by atoms with Crippen molar-refractivity contribution < 1.29 is 8.78 Å². The lowest BCUT2D eigenvalue weighted by atomic mass is 10.2. The minimum Gasteiger partial charge on any atom is -0.329 e. The second-order valence-electron chi connectivity index (χ2n) is 3.97. The minimum absolute atomic E-state index is 0.180. The Morgan fingerprint density at radius 1 is 1.41 bits per heavy atom. The molecule has 0 spiro atoms. The molecule has 0 amide bonds. The fourth-order valence-corrected chi connectivity index (χ4v) is 1.68. The van der Waals surface area contributed by atoms with Crippen molar-refractivity contribution in [2.75, 3.05) is 0 Å². The molecule has 2 N–H and O–H groups in total. The maximum absolute atomic E-state index is 13.5. The number of aromatic nitrogens is 2. The second kappa shape index (κ2) is 4.63. The molecular formula is C12H13F2N3. The smallest absolute Gasteiger partial charge is 0.131 e. The highest BCUT2D eigenvalue weighted by molar-refractivity contribution is 5.20. The highest BCUT2D eigenvalue weighted by atomic mass is 19.1. The molecule has 0 unspecified atom stereocenters. The van der Waals surface area contributed by atoms with Gasteiger partial charge in [0, 0.05) is 23.9 Å². The van der Waals surface area contributed by atoms with Crippen molar-refractivity contribution in [1.82, 2.24) is 9.55 Å². The van der Waals surface area contributed by atoms with E-state index >= 15 is 0 Å². The van der Waals surface area contributed by atoms with Crippen molar-refractivity contribution >= 4 is 0 Å². The van der Waals surface area contributed by atoms with Gasteiger partial charge in [-0.2, -0.15) is 0 Å². The van der Waals surface area contributed by atoms with Crippen molar-refractivity contribution in [2.24, 2.45) is 5.73 Å². The molecule has 2 rings (SSSR count). The van der Waals surface area contributed by atoms with Crippen LogP contribution >= 0.6 is 0 Å². The maximum Gasteiger partial charge on any atom is 0.131 e.